The lowest BCUT2D eigenvalue weighted by Gasteiger charge is -2.30. The van der Waals surface area contributed by atoms with Crippen LogP contribution in [0.15, 0.2) is 54.7 Å². The Balaban J connectivity index is 1.34. The Morgan fingerprint density at radius 2 is 2.00 bits per heavy atom. The predicted molar refractivity (Wildman–Crippen MR) is 111 cm³/mol. The summed E-state index contributed by atoms with van der Waals surface area (Å²) in [6.45, 7) is 5.70. The molecule has 0 radical (unpaired) electrons. The summed E-state index contributed by atoms with van der Waals surface area (Å²) in [4.78, 5) is 18.2. The molecule has 1 aliphatic rings. The average Bonchev–Trinajstić information content (AvgIpc) is 3.06. The summed E-state index contributed by atoms with van der Waals surface area (Å²) < 4.78 is 0. The summed E-state index contributed by atoms with van der Waals surface area (Å²) in [5, 5.41) is 4.13. The van der Waals surface area contributed by atoms with Crippen molar-refractivity contribution in [3.05, 3.63) is 65.9 Å². The molecule has 0 aliphatic carbocycles. The molecule has 27 heavy (non-hydrogen) atoms. The lowest BCUT2D eigenvalue weighted by molar-refractivity contribution is -0.115. The molecule has 3 aromatic rings. The van der Waals surface area contributed by atoms with E-state index < -0.39 is 0 Å². The first-order valence-corrected chi connectivity index (χ1v) is 9.83. The van der Waals surface area contributed by atoms with E-state index in [4.69, 9.17) is 0 Å². The fourth-order valence-corrected chi connectivity index (χ4v) is 4.04. The van der Waals surface area contributed by atoms with Crippen molar-refractivity contribution in [1.82, 2.24) is 9.88 Å². The summed E-state index contributed by atoms with van der Waals surface area (Å²) in [6.07, 6.45) is 4.94. The minimum absolute atomic E-state index is 0.0114. The lowest BCUT2D eigenvalue weighted by Crippen LogP contribution is -2.33. The van der Waals surface area contributed by atoms with Crippen LogP contribution >= 0.6 is 0 Å². The topological polar surface area (TPSA) is 48.1 Å². The van der Waals surface area contributed by atoms with E-state index >= 15 is 0 Å². The molecule has 0 unspecified atom stereocenters. The Morgan fingerprint density at radius 1 is 1.19 bits per heavy atom. The van der Waals surface area contributed by atoms with Crippen molar-refractivity contribution in [2.45, 2.75) is 32.7 Å². The molecule has 4 rings (SSSR count). The lowest BCUT2D eigenvalue weighted by atomic mass is 10.00. The quantitative estimate of drug-likeness (QED) is 0.699. The molecule has 4 nitrogen and oxygen atoms in total. The van der Waals surface area contributed by atoms with Gasteiger partial charge in [-0.3, -0.25) is 9.69 Å². The first-order chi connectivity index (χ1) is 13.2. The number of para-hydroxylation sites is 1. The van der Waals surface area contributed by atoms with Crippen LogP contribution in [-0.2, 0) is 17.8 Å². The van der Waals surface area contributed by atoms with E-state index in [0.717, 1.165) is 34.6 Å². The van der Waals surface area contributed by atoms with Crippen LogP contribution in [0.2, 0.25) is 0 Å². The first kappa shape index (κ1) is 17.8. The van der Waals surface area contributed by atoms with Crippen molar-refractivity contribution < 1.29 is 4.79 Å². The van der Waals surface area contributed by atoms with Crippen LogP contribution in [-0.4, -0.2) is 28.9 Å². The molecule has 1 saturated heterocycles. The van der Waals surface area contributed by atoms with Gasteiger partial charge in [-0.05, 0) is 54.6 Å². The van der Waals surface area contributed by atoms with Crippen LogP contribution < -0.4 is 5.32 Å². The number of H-pyrrole nitrogens is 1. The molecule has 1 atom stereocenters. The third-order valence-corrected chi connectivity index (χ3v) is 5.41. The number of piperidine rings is 1. The van der Waals surface area contributed by atoms with Crippen LogP contribution in [0.4, 0.5) is 5.69 Å². The number of carbonyl (C=O) groups excluding carboxylic acids is 1. The van der Waals surface area contributed by atoms with E-state index in [9.17, 15) is 4.79 Å². The molecule has 0 saturated carbocycles. The van der Waals surface area contributed by atoms with Crippen molar-refractivity contribution in [3.8, 4) is 0 Å². The van der Waals surface area contributed by atoms with Gasteiger partial charge in [0.2, 0.25) is 5.91 Å². The van der Waals surface area contributed by atoms with Crippen LogP contribution in [0.25, 0.3) is 10.9 Å². The Morgan fingerprint density at radius 3 is 2.81 bits per heavy atom. The van der Waals surface area contributed by atoms with Gasteiger partial charge in [-0.2, -0.15) is 0 Å². The van der Waals surface area contributed by atoms with E-state index in [1.807, 2.05) is 42.6 Å². The van der Waals surface area contributed by atoms with E-state index in [2.05, 4.69) is 34.3 Å². The molecule has 140 valence electrons. The molecule has 1 amide bonds. The molecule has 1 aromatic heterocycles. The second-order valence-electron chi connectivity index (χ2n) is 7.76. The minimum Gasteiger partial charge on any atom is -0.361 e. The zero-order chi connectivity index (χ0) is 18.6. The standard InChI is InChI=1S/C23H27N3O/c1-17-5-4-12-26(15-17)16-18-8-10-20(11-9-18)25-23(27)13-19-14-24-22-7-3-2-6-21(19)22/h2-3,6-11,14,17,24H,4-5,12-13,15-16H2,1H3,(H,25,27)/t17-/m0/s1. The van der Waals surface area contributed by atoms with Crippen molar-refractivity contribution in [2.75, 3.05) is 18.4 Å². The molecule has 2 N–H and O–H groups in total. The molecular weight excluding hydrogens is 334 g/mol. The molecule has 1 aliphatic heterocycles. The van der Waals surface area contributed by atoms with Gasteiger partial charge in [0.25, 0.3) is 0 Å². The summed E-state index contributed by atoms with van der Waals surface area (Å²) in [5.41, 5.74) is 4.25. The maximum atomic E-state index is 12.4. The highest BCUT2D eigenvalue weighted by Gasteiger charge is 2.16. The number of hydrogen-bond donors (Lipinski definition) is 2. The Hall–Kier alpha value is -2.59. The second kappa shape index (κ2) is 7.97. The number of likely N-dealkylation sites (tertiary alicyclic amines) is 1. The van der Waals surface area contributed by atoms with Crippen LogP contribution in [0.3, 0.4) is 0 Å². The Bertz CT molecular complexity index is 913. The molecular formula is C23H27N3O. The number of amides is 1. The largest absolute Gasteiger partial charge is 0.361 e. The number of anilines is 1. The Labute approximate surface area is 160 Å². The van der Waals surface area contributed by atoms with Gasteiger partial charge in [0.05, 0.1) is 6.42 Å². The highest BCUT2D eigenvalue weighted by molar-refractivity contribution is 5.95. The highest BCUT2D eigenvalue weighted by atomic mass is 16.1. The van der Waals surface area contributed by atoms with Crippen LogP contribution in [0.1, 0.15) is 30.9 Å². The number of carbonyl (C=O) groups is 1. The number of benzene rings is 2. The van der Waals surface area contributed by atoms with Crippen molar-refractivity contribution >= 4 is 22.5 Å². The smallest absolute Gasteiger partial charge is 0.228 e. The van der Waals surface area contributed by atoms with Crippen molar-refractivity contribution in [1.29, 1.82) is 0 Å². The van der Waals surface area contributed by atoms with Gasteiger partial charge in [-0.25, -0.2) is 0 Å². The third-order valence-electron chi connectivity index (χ3n) is 5.41. The highest BCUT2D eigenvalue weighted by Crippen LogP contribution is 2.20. The van der Waals surface area contributed by atoms with Gasteiger partial charge >= 0.3 is 0 Å². The summed E-state index contributed by atoms with van der Waals surface area (Å²) in [5.74, 6) is 0.805. The normalized spacial score (nSPS) is 17.9. The van der Waals surface area contributed by atoms with Gasteiger partial charge in [-0.15, -0.1) is 0 Å². The summed E-state index contributed by atoms with van der Waals surface area (Å²) >= 11 is 0. The SMILES string of the molecule is C[C@H]1CCCN(Cc2ccc(NC(=O)Cc3c[nH]c4ccccc34)cc2)C1. The van der Waals surface area contributed by atoms with Gasteiger partial charge in [0, 0.05) is 35.9 Å². The third kappa shape index (κ3) is 4.40. The summed E-state index contributed by atoms with van der Waals surface area (Å²) in [7, 11) is 0. The Kier molecular flexibility index (Phi) is 5.26. The van der Waals surface area contributed by atoms with E-state index in [1.54, 1.807) is 0 Å². The number of nitrogens with zero attached hydrogens (tertiary/aromatic N) is 1. The molecule has 2 aromatic carbocycles. The number of hydrogen-bond acceptors (Lipinski definition) is 2. The molecule has 4 heteroatoms. The van der Waals surface area contributed by atoms with Gasteiger partial charge in [-0.1, -0.05) is 37.3 Å². The number of rotatable bonds is 5. The van der Waals surface area contributed by atoms with Crippen molar-refractivity contribution in [3.63, 3.8) is 0 Å². The van der Waals surface area contributed by atoms with Gasteiger partial charge < -0.3 is 10.3 Å². The minimum atomic E-state index is 0.0114. The van der Waals surface area contributed by atoms with Gasteiger partial charge in [0.1, 0.15) is 0 Å². The average molecular weight is 361 g/mol. The second-order valence-corrected chi connectivity index (χ2v) is 7.76. The first-order valence-electron chi connectivity index (χ1n) is 9.83. The fraction of sp³-hybridized carbons (Fsp3) is 0.348. The van der Waals surface area contributed by atoms with E-state index in [0.29, 0.717) is 6.42 Å². The van der Waals surface area contributed by atoms with Crippen LogP contribution in [0, 0.1) is 5.92 Å². The summed E-state index contributed by atoms with van der Waals surface area (Å²) in [6, 6.07) is 16.3. The molecule has 0 spiro atoms. The zero-order valence-corrected chi connectivity index (χ0v) is 15.9. The number of nitrogens with one attached hydrogen (secondary N) is 2. The fourth-order valence-electron chi connectivity index (χ4n) is 4.04. The van der Waals surface area contributed by atoms with Crippen molar-refractivity contribution in [2.24, 2.45) is 5.92 Å². The number of fused-ring (bicyclic) bond motifs is 1. The molecule has 1 fully saturated rings. The molecule has 2 heterocycles. The monoisotopic (exact) mass is 361 g/mol. The van der Waals surface area contributed by atoms with Gasteiger partial charge in [0.15, 0.2) is 0 Å². The maximum Gasteiger partial charge on any atom is 0.228 e. The maximum absolute atomic E-state index is 12.4. The number of aromatic amines is 1. The predicted octanol–water partition coefficient (Wildman–Crippen LogP) is 4.58. The zero-order valence-electron chi connectivity index (χ0n) is 15.9. The van der Waals surface area contributed by atoms with E-state index in [1.165, 1.54) is 31.5 Å². The van der Waals surface area contributed by atoms with Crippen LogP contribution in [0.5, 0.6) is 0 Å². The number of aromatic nitrogens is 1. The van der Waals surface area contributed by atoms with E-state index in [-0.39, 0.29) is 5.91 Å². The molecule has 0 bridgehead atoms.